The number of nitrogens with zero attached hydrogens (tertiary/aromatic N) is 1. The fourth-order valence-electron chi connectivity index (χ4n) is 2.96. The average Bonchev–Trinajstić information content (AvgIpc) is 2.33. The van der Waals surface area contributed by atoms with E-state index in [0.29, 0.717) is 6.04 Å². The molecule has 0 bridgehead atoms. The molecule has 0 radical (unpaired) electrons. The van der Waals surface area contributed by atoms with Gasteiger partial charge in [-0.2, -0.15) is 0 Å². The zero-order valence-electron chi connectivity index (χ0n) is 10.8. The van der Waals surface area contributed by atoms with Crippen LogP contribution in [0.1, 0.15) is 24.8 Å². The zero-order chi connectivity index (χ0) is 12.5. The fraction of sp³-hybridized carbons (Fsp3) is 0.571. The maximum absolute atomic E-state index is 6.69. The van der Waals surface area contributed by atoms with E-state index in [9.17, 15) is 0 Å². The summed E-state index contributed by atoms with van der Waals surface area (Å²) in [6.45, 7) is 0. The van der Waals surface area contributed by atoms with Gasteiger partial charge in [-0.1, -0.05) is 30.3 Å². The molecule has 1 aliphatic carbocycles. The van der Waals surface area contributed by atoms with E-state index in [-0.39, 0.29) is 11.6 Å². The smallest absolute Gasteiger partial charge is 0.0568 e. The Morgan fingerprint density at radius 3 is 2.47 bits per heavy atom. The minimum Gasteiger partial charge on any atom is -0.328 e. The lowest BCUT2D eigenvalue weighted by molar-refractivity contribution is 0.113. The van der Waals surface area contributed by atoms with Crippen molar-refractivity contribution >= 4 is 0 Å². The third-order valence-corrected chi connectivity index (χ3v) is 3.98. The Morgan fingerprint density at radius 1 is 1.24 bits per heavy atom. The first-order valence-electron chi connectivity index (χ1n) is 6.30. The second-order valence-electron chi connectivity index (χ2n) is 5.42. The predicted octanol–water partition coefficient (Wildman–Crippen LogP) is 1.28. The summed E-state index contributed by atoms with van der Waals surface area (Å²) in [4.78, 5) is 2.21. The molecule has 0 saturated heterocycles. The molecule has 0 aliphatic heterocycles. The highest BCUT2D eigenvalue weighted by Crippen LogP contribution is 2.36. The monoisotopic (exact) mass is 233 g/mol. The van der Waals surface area contributed by atoms with Gasteiger partial charge in [0.15, 0.2) is 0 Å². The zero-order valence-corrected chi connectivity index (χ0v) is 10.8. The molecule has 2 rings (SSSR count). The van der Waals surface area contributed by atoms with Crippen molar-refractivity contribution in [1.29, 1.82) is 0 Å². The van der Waals surface area contributed by atoms with Crippen LogP contribution in [0.25, 0.3) is 0 Å². The maximum Gasteiger partial charge on any atom is 0.0568 e. The van der Waals surface area contributed by atoms with Crippen molar-refractivity contribution in [3.8, 4) is 0 Å². The Labute approximate surface area is 104 Å². The topological polar surface area (TPSA) is 55.3 Å². The third-order valence-electron chi connectivity index (χ3n) is 3.98. The molecular formula is C14H23N3. The summed E-state index contributed by atoms with van der Waals surface area (Å²) in [6.07, 6.45) is 2.94. The molecule has 1 aromatic carbocycles. The average molecular weight is 233 g/mol. The van der Waals surface area contributed by atoms with Crippen molar-refractivity contribution in [3.05, 3.63) is 35.9 Å². The molecule has 0 amide bonds. The molecule has 0 aromatic heterocycles. The van der Waals surface area contributed by atoms with Crippen LogP contribution in [0.3, 0.4) is 0 Å². The second-order valence-corrected chi connectivity index (χ2v) is 5.42. The Hall–Kier alpha value is -0.900. The van der Waals surface area contributed by atoms with Crippen LogP contribution < -0.4 is 11.5 Å². The van der Waals surface area contributed by atoms with Crippen LogP contribution in [-0.4, -0.2) is 31.1 Å². The van der Waals surface area contributed by atoms with Gasteiger partial charge >= 0.3 is 0 Å². The number of nitrogens with two attached hydrogens (primary N) is 2. The van der Waals surface area contributed by atoms with Gasteiger partial charge in [0.2, 0.25) is 0 Å². The third kappa shape index (κ3) is 2.37. The van der Waals surface area contributed by atoms with E-state index in [4.69, 9.17) is 11.5 Å². The molecule has 3 atom stereocenters. The first-order valence-corrected chi connectivity index (χ1v) is 6.30. The van der Waals surface area contributed by atoms with Crippen LogP contribution in [0, 0.1) is 0 Å². The molecule has 3 heteroatoms. The van der Waals surface area contributed by atoms with Crippen LogP contribution in [0.4, 0.5) is 0 Å². The second kappa shape index (κ2) is 4.77. The van der Waals surface area contributed by atoms with Crippen molar-refractivity contribution < 1.29 is 0 Å². The summed E-state index contributed by atoms with van der Waals surface area (Å²) in [5.74, 6) is 0. The largest absolute Gasteiger partial charge is 0.328 e. The van der Waals surface area contributed by atoms with Gasteiger partial charge in [-0.05, 0) is 38.9 Å². The van der Waals surface area contributed by atoms with Crippen LogP contribution in [0.2, 0.25) is 0 Å². The van der Waals surface area contributed by atoms with Gasteiger partial charge in [0.05, 0.1) is 5.54 Å². The molecule has 17 heavy (non-hydrogen) atoms. The van der Waals surface area contributed by atoms with Crippen LogP contribution >= 0.6 is 0 Å². The van der Waals surface area contributed by atoms with Gasteiger partial charge in [-0.15, -0.1) is 0 Å². The van der Waals surface area contributed by atoms with Gasteiger partial charge in [-0.25, -0.2) is 0 Å². The molecule has 1 fully saturated rings. The lowest BCUT2D eigenvalue weighted by Gasteiger charge is -2.46. The van der Waals surface area contributed by atoms with E-state index in [1.54, 1.807) is 0 Å². The van der Waals surface area contributed by atoms with Crippen LogP contribution in [0.15, 0.2) is 30.3 Å². The number of hydrogen-bond donors (Lipinski definition) is 2. The fourth-order valence-corrected chi connectivity index (χ4v) is 2.96. The van der Waals surface area contributed by atoms with Crippen molar-refractivity contribution in [2.45, 2.75) is 36.9 Å². The van der Waals surface area contributed by atoms with Crippen molar-refractivity contribution in [2.24, 2.45) is 11.5 Å². The Kier molecular flexibility index (Phi) is 3.52. The van der Waals surface area contributed by atoms with Crippen LogP contribution in [0.5, 0.6) is 0 Å². The van der Waals surface area contributed by atoms with Crippen molar-refractivity contribution in [3.63, 3.8) is 0 Å². The SMILES string of the molecule is CN(C)C1CC(N)CCC1(N)c1ccccc1. The van der Waals surface area contributed by atoms with Gasteiger partial charge in [-0.3, -0.25) is 0 Å². The summed E-state index contributed by atoms with van der Waals surface area (Å²) in [5.41, 5.74) is 13.7. The number of hydrogen-bond acceptors (Lipinski definition) is 3. The van der Waals surface area contributed by atoms with Gasteiger partial charge < -0.3 is 16.4 Å². The molecule has 4 N–H and O–H groups in total. The Balaban J connectivity index is 2.33. The first-order chi connectivity index (χ1) is 8.04. The highest BCUT2D eigenvalue weighted by molar-refractivity contribution is 5.27. The highest BCUT2D eigenvalue weighted by atomic mass is 15.1. The molecule has 1 aromatic rings. The van der Waals surface area contributed by atoms with E-state index in [1.165, 1.54) is 5.56 Å². The molecule has 3 unspecified atom stereocenters. The highest BCUT2D eigenvalue weighted by Gasteiger charge is 2.42. The molecule has 3 nitrogen and oxygen atoms in total. The van der Waals surface area contributed by atoms with E-state index < -0.39 is 0 Å². The predicted molar refractivity (Wildman–Crippen MR) is 71.6 cm³/mol. The summed E-state index contributed by atoms with van der Waals surface area (Å²) in [7, 11) is 4.18. The maximum atomic E-state index is 6.69. The standard InChI is InChI=1S/C14H23N3/c1-17(2)13-10-12(15)8-9-14(13,16)11-6-4-3-5-7-11/h3-7,12-13H,8-10,15-16H2,1-2H3. The van der Waals surface area contributed by atoms with E-state index >= 15 is 0 Å². The van der Waals surface area contributed by atoms with Gasteiger partial charge in [0.25, 0.3) is 0 Å². The Morgan fingerprint density at radius 2 is 1.88 bits per heavy atom. The van der Waals surface area contributed by atoms with Crippen LogP contribution in [-0.2, 0) is 5.54 Å². The molecule has 0 spiro atoms. The summed E-state index contributed by atoms with van der Waals surface area (Å²) in [5, 5.41) is 0. The molecule has 94 valence electrons. The molecule has 1 aliphatic rings. The number of benzene rings is 1. The summed E-state index contributed by atoms with van der Waals surface area (Å²) in [6, 6.07) is 11.0. The van der Waals surface area contributed by atoms with E-state index in [0.717, 1.165) is 19.3 Å². The molecular weight excluding hydrogens is 210 g/mol. The number of likely N-dealkylation sites (N-methyl/N-ethyl adjacent to an activating group) is 1. The normalized spacial score (nSPS) is 33.9. The minimum atomic E-state index is -0.263. The minimum absolute atomic E-state index is 0.263. The van der Waals surface area contributed by atoms with E-state index in [1.807, 2.05) is 6.07 Å². The quantitative estimate of drug-likeness (QED) is 0.809. The van der Waals surface area contributed by atoms with Gasteiger partial charge in [0.1, 0.15) is 0 Å². The van der Waals surface area contributed by atoms with Crippen molar-refractivity contribution in [1.82, 2.24) is 4.90 Å². The Bertz CT molecular complexity index is 363. The van der Waals surface area contributed by atoms with Gasteiger partial charge in [0, 0.05) is 12.1 Å². The molecule has 0 heterocycles. The first kappa shape index (κ1) is 12.6. The lowest BCUT2D eigenvalue weighted by atomic mass is 9.71. The van der Waals surface area contributed by atoms with E-state index in [2.05, 4.69) is 43.3 Å². The van der Waals surface area contributed by atoms with Crippen molar-refractivity contribution in [2.75, 3.05) is 14.1 Å². The molecule has 1 saturated carbocycles. The lowest BCUT2D eigenvalue weighted by Crippen LogP contribution is -2.59. The summed E-state index contributed by atoms with van der Waals surface area (Å²) >= 11 is 0. The number of rotatable bonds is 2. The summed E-state index contributed by atoms with van der Waals surface area (Å²) < 4.78 is 0.